The molecule has 0 aromatic carbocycles. The van der Waals surface area contributed by atoms with Crippen LogP contribution in [0.1, 0.15) is 35.2 Å². The summed E-state index contributed by atoms with van der Waals surface area (Å²) in [5, 5.41) is 11.9. The van der Waals surface area contributed by atoms with Crippen LogP contribution in [0.15, 0.2) is 10.5 Å². The molecule has 0 fully saturated rings. The van der Waals surface area contributed by atoms with Gasteiger partial charge in [0.25, 0.3) is 0 Å². The summed E-state index contributed by atoms with van der Waals surface area (Å²) in [4.78, 5) is 21.8. The van der Waals surface area contributed by atoms with Crippen molar-refractivity contribution in [1.82, 2.24) is 5.32 Å². The van der Waals surface area contributed by atoms with E-state index < -0.39 is 5.97 Å². The summed E-state index contributed by atoms with van der Waals surface area (Å²) in [7, 11) is 1.34. The van der Waals surface area contributed by atoms with E-state index in [1.807, 2.05) is 6.92 Å². The van der Waals surface area contributed by atoms with Crippen LogP contribution >= 0.6 is 0 Å². The van der Waals surface area contributed by atoms with Gasteiger partial charge in [-0.15, -0.1) is 0 Å². The molecule has 0 amide bonds. The zero-order valence-electron chi connectivity index (χ0n) is 10.6. The number of hydrogen-bond acceptors (Lipinski definition) is 5. The molecule has 2 N–H and O–H groups in total. The second-order valence-electron chi connectivity index (χ2n) is 4.09. The molecule has 0 aliphatic carbocycles. The summed E-state index contributed by atoms with van der Waals surface area (Å²) in [5.74, 6) is -0.896. The maximum absolute atomic E-state index is 11.0. The van der Waals surface area contributed by atoms with E-state index >= 15 is 0 Å². The largest absolute Gasteiger partial charge is 0.475 e. The molecular formula is C12H17NO5. The highest BCUT2D eigenvalue weighted by atomic mass is 16.5. The minimum absolute atomic E-state index is 0.0487. The van der Waals surface area contributed by atoms with Crippen LogP contribution in [0.5, 0.6) is 0 Å². The lowest BCUT2D eigenvalue weighted by Crippen LogP contribution is -2.28. The van der Waals surface area contributed by atoms with Crippen LogP contribution < -0.4 is 5.32 Å². The van der Waals surface area contributed by atoms with Crippen LogP contribution in [0.4, 0.5) is 0 Å². The number of ether oxygens (including phenoxy) is 1. The Morgan fingerprint density at radius 1 is 1.56 bits per heavy atom. The molecule has 0 aliphatic rings. The van der Waals surface area contributed by atoms with E-state index in [4.69, 9.17) is 9.52 Å². The normalized spacial score (nSPS) is 12.2. The van der Waals surface area contributed by atoms with Gasteiger partial charge in [-0.2, -0.15) is 0 Å². The molecular weight excluding hydrogens is 238 g/mol. The number of carboxylic acid groups (broad SMARTS) is 1. The topological polar surface area (TPSA) is 88.8 Å². The van der Waals surface area contributed by atoms with Crippen molar-refractivity contribution in [2.75, 3.05) is 7.11 Å². The summed E-state index contributed by atoms with van der Waals surface area (Å²) in [6.45, 7) is 3.88. The molecule has 6 nitrogen and oxygen atoms in total. The quantitative estimate of drug-likeness (QED) is 0.745. The van der Waals surface area contributed by atoms with E-state index in [0.29, 0.717) is 17.9 Å². The van der Waals surface area contributed by atoms with Crippen molar-refractivity contribution in [3.63, 3.8) is 0 Å². The van der Waals surface area contributed by atoms with Crippen molar-refractivity contribution >= 4 is 11.9 Å². The van der Waals surface area contributed by atoms with E-state index in [9.17, 15) is 9.59 Å². The van der Waals surface area contributed by atoms with Crippen molar-refractivity contribution < 1.29 is 23.8 Å². The summed E-state index contributed by atoms with van der Waals surface area (Å²) >= 11 is 0. The summed E-state index contributed by atoms with van der Waals surface area (Å²) < 4.78 is 9.73. The molecule has 1 atom stereocenters. The number of furan rings is 1. The lowest BCUT2D eigenvalue weighted by Gasteiger charge is -2.10. The molecule has 0 aliphatic heterocycles. The van der Waals surface area contributed by atoms with E-state index in [-0.39, 0.29) is 24.2 Å². The number of aromatic carboxylic acids is 1. The first-order valence-electron chi connectivity index (χ1n) is 5.56. The van der Waals surface area contributed by atoms with Gasteiger partial charge in [0, 0.05) is 11.6 Å². The molecule has 0 saturated carbocycles. The number of nitrogens with one attached hydrogen (secondary N) is 1. The Kier molecular flexibility index (Phi) is 4.91. The predicted octanol–water partition coefficient (Wildman–Crippen LogP) is 1.33. The smallest absolute Gasteiger partial charge is 0.372 e. The number of hydrogen-bond donors (Lipinski definition) is 2. The fourth-order valence-corrected chi connectivity index (χ4v) is 1.53. The second-order valence-corrected chi connectivity index (χ2v) is 4.09. The maximum atomic E-state index is 11.0. The molecule has 0 saturated heterocycles. The minimum Gasteiger partial charge on any atom is -0.475 e. The molecule has 1 aromatic heterocycles. The molecule has 0 bridgehead atoms. The van der Waals surface area contributed by atoms with Crippen molar-refractivity contribution in [3.05, 3.63) is 23.2 Å². The highest BCUT2D eigenvalue weighted by molar-refractivity contribution is 5.86. The Morgan fingerprint density at radius 2 is 2.22 bits per heavy atom. The third kappa shape index (κ3) is 3.89. The standard InChI is InChI=1S/C12H17NO5/c1-7-4-9(18-11(7)12(15)16)6-13-8(2)5-10(14)17-3/h4,8,13H,5-6H2,1-3H3,(H,15,16). The highest BCUT2D eigenvalue weighted by Crippen LogP contribution is 2.14. The number of carbonyl (C=O) groups excluding carboxylic acids is 1. The molecule has 0 radical (unpaired) electrons. The zero-order chi connectivity index (χ0) is 13.7. The lowest BCUT2D eigenvalue weighted by atomic mass is 10.2. The van der Waals surface area contributed by atoms with E-state index in [1.165, 1.54) is 7.11 Å². The maximum Gasteiger partial charge on any atom is 0.372 e. The lowest BCUT2D eigenvalue weighted by molar-refractivity contribution is -0.141. The van der Waals surface area contributed by atoms with Gasteiger partial charge in [0.15, 0.2) is 0 Å². The molecule has 0 spiro atoms. The molecule has 1 rings (SSSR count). The summed E-state index contributed by atoms with van der Waals surface area (Å²) in [6, 6.07) is 1.59. The third-order valence-corrected chi connectivity index (χ3v) is 2.49. The molecule has 100 valence electrons. The van der Waals surface area contributed by atoms with Gasteiger partial charge in [0.2, 0.25) is 5.76 Å². The number of esters is 1. The van der Waals surface area contributed by atoms with Gasteiger partial charge in [-0.3, -0.25) is 4.79 Å². The van der Waals surface area contributed by atoms with Gasteiger partial charge in [0.05, 0.1) is 20.1 Å². The van der Waals surface area contributed by atoms with Gasteiger partial charge < -0.3 is 19.6 Å². The monoisotopic (exact) mass is 255 g/mol. The molecule has 1 aromatic rings. The van der Waals surface area contributed by atoms with Crippen LogP contribution in [-0.2, 0) is 16.1 Å². The van der Waals surface area contributed by atoms with E-state index in [1.54, 1.807) is 13.0 Å². The Morgan fingerprint density at radius 3 is 2.72 bits per heavy atom. The third-order valence-electron chi connectivity index (χ3n) is 2.49. The number of rotatable bonds is 6. The van der Waals surface area contributed by atoms with Gasteiger partial charge in [-0.1, -0.05) is 0 Å². The summed E-state index contributed by atoms with van der Waals surface area (Å²) in [6.07, 6.45) is 0.252. The van der Waals surface area contributed by atoms with Crippen LogP contribution in [0.3, 0.4) is 0 Å². The van der Waals surface area contributed by atoms with Crippen molar-refractivity contribution in [3.8, 4) is 0 Å². The van der Waals surface area contributed by atoms with Crippen molar-refractivity contribution in [1.29, 1.82) is 0 Å². The van der Waals surface area contributed by atoms with Crippen LogP contribution in [0.2, 0.25) is 0 Å². The number of methoxy groups -OCH3 is 1. The molecule has 1 unspecified atom stereocenters. The van der Waals surface area contributed by atoms with Crippen LogP contribution in [-0.4, -0.2) is 30.2 Å². The first kappa shape index (κ1) is 14.2. The van der Waals surface area contributed by atoms with Gasteiger partial charge in [0.1, 0.15) is 5.76 Å². The average Bonchev–Trinajstić information content (AvgIpc) is 2.68. The Bertz CT molecular complexity index is 438. The minimum atomic E-state index is -1.08. The second kappa shape index (κ2) is 6.20. The van der Waals surface area contributed by atoms with E-state index in [0.717, 1.165) is 0 Å². The first-order valence-corrected chi connectivity index (χ1v) is 5.56. The fraction of sp³-hybridized carbons (Fsp3) is 0.500. The SMILES string of the molecule is COC(=O)CC(C)NCc1cc(C)c(C(=O)O)o1. The number of carbonyl (C=O) groups is 2. The number of aryl methyl sites for hydroxylation is 1. The molecule has 6 heteroatoms. The predicted molar refractivity (Wildman–Crippen MR) is 63.3 cm³/mol. The van der Waals surface area contributed by atoms with Crippen LogP contribution in [0.25, 0.3) is 0 Å². The molecule has 1 heterocycles. The fourth-order valence-electron chi connectivity index (χ4n) is 1.53. The van der Waals surface area contributed by atoms with Crippen molar-refractivity contribution in [2.24, 2.45) is 0 Å². The van der Waals surface area contributed by atoms with Crippen molar-refractivity contribution in [2.45, 2.75) is 32.9 Å². The number of carboxylic acids is 1. The van der Waals surface area contributed by atoms with Gasteiger partial charge in [-0.05, 0) is 19.9 Å². The van der Waals surface area contributed by atoms with Crippen LogP contribution in [0, 0.1) is 6.92 Å². The average molecular weight is 255 g/mol. The zero-order valence-corrected chi connectivity index (χ0v) is 10.6. The Balaban J connectivity index is 2.51. The van der Waals surface area contributed by atoms with E-state index in [2.05, 4.69) is 10.1 Å². The Labute approximate surface area is 105 Å². The van der Waals surface area contributed by atoms with Gasteiger partial charge >= 0.3 is 11.9 Å². The first-order chi connectivity index (χ1) is 8.43. The molecule has 18 heavy (non-hydrogen) atoms. The highest BCUT2D eigenvalue weighted by Gasteiger charge is 2.15. The van der Waals surface area contributed by atoms with Gasteiger partial charge in [-0.25, -0.2) is 4.79 Å². The summed E-state index contributed by atoms with van der Waals surface area (Å²) in [5.41, 5.74) is 0.583. The Hall–Kier alpha value is -1.82.